The second kappa shape index (κ2) is 6.12. The third-order valence-corrected chi connectivity index (χ3v) is 3.89. The van der Waals surface area contributed by atoms with Gasteiger partial charge >= 0.3 is 0 Å². The van der Waals surface area contributed by atoms with E-state index in [1.54, 1.807) is 0 Å². The van der Waals surface area contributed by atoms with Crippen LogP contribution in [0.15, 0.2) is 42.5 Å². The number of fused-ring (bicyclic) bond motifs is 1. The molecule has 1 aliphatic rings. The first-order valence-electron chi connectivity index (χ1n) is 7.55. The molecule has 2 amide bonds. The maximum absolute atomic E-state index is 12.4. The minimum atomic E-state index is -0.205. The molecule has 2 aromatic rings. The van der Waals surface area contributed by atoms with Crippen molar-refractivity contribution >= 4 is 28.9 Å². The molecule has 5 nitrogen and oxygen atoms in total. The molecule has 0 unspecified atom stereocenters. The summed E-state index contributed by atoms with van der Waals surface area (Å²) in [5, 5.41) is 5.96. The summed E-state index contributed by atoms with van der Waals surface area (Å²) in [4.78, 5) is 26.0. The van der Waals surface area contributed by atoms with Gasteiger partial charge in [-0.1, -0.05) is 24.3 Å². The maximum Gasteiger partial charge on any atom is 0.246 e. The molecule has 1 heterocycles. The summed E-state index contributed by atoms with van der Waals surface area (Å²) in [6, 6.07) is 13.4. The van der Waals surface area contributed by atoms with Gasteiger partial charge in [0.05, 0.1) is 17.9 Å². The first-order valence-corrected chi connectivity index (χ1v) is 7.55. The highest BCUT2D eigenvalue weighted by molar-refractivity contribution is 6.07. The molecule has 2 N–H and O–H groups in total. The number of nitrogens with one attached hydrogen (secondary N) is 2. The van der Waals surface area contributed by atoms with E-state index in [2.05, 4.69) is 10.6 Å². The number of hydrogen-bond donors (Lipinski definition) is 2. The van der Waals surface area contributed by atoms with Gasteiger partial charge in [-0.2, -0.15) is 0 Å². The average molecular weight is 309 g/mol. The molecule has 0 aromatic heterocycles. The maximum atomic E-state index is 12.4. The quantitative estimate of drug-likeness (QED) is 0.916. The Morgan fingerprint density at radius 2 is 2.00 bits per heavy atom. The molecule has 118 valence electrons. The van der Waals surface area contributed by atoms with E-state index in [4.69, 9.17) is 0 Å². The lowest BCUT2D eigenvalue weighted by Gasteiger charge is -2.29. The van der Waals surface area contributed by atoms with Crippen molar-refractivity contribution in [2.24, 2.45) is 0 Å². The second-order valence-electron chi connectivity index (χ2n) is 5.72. The third-order valence-electron chi connectivity index (χ3n) is 3.89. The van der Waals surface area contributed by atoms with Crippen LogP contribution in [0.3, 0.4) is 0 Å². The highest BCUT2D eigenvalue weighted by Gasteiger charge is 2.25. The molecule has 0 saturated carbocycles. The van der Waals surface area contributed by atoms with Crippen LogP contribution in [0.5, 0.6) is 0 Å². The Bertz CT molecular complexity index is 771. The summed E-state index contributed by atoms with van der Waals surface area (Å²) in [5.41, 5.74) is 4.46. The summed E-state index contributed by atoms with van der Waals surface area (Å²) in [5.74, 6) is -0.316. The SMILES string of the molecule is Cc1ccc(C)c(NC(=O)CN2C(=O)CNc3ccccc32)c1. The largest absolute Gasteiger partial charge is 0.374 e. The van der Waals surface area contributed by atoms with Gasteiger partial charge in [0.2, 0.25) is 11.8 Å². The van der Waals surface area contributed by atoms with Crippen molar-refractivity contribution < 1.29 is 9.59 Å². The number of aryl methyl sites for hydroxylation is 2. The fraction of sp³-hybridized carbons (Fsp3) is 0.222. The average Bonchev–Trinajstić information content (AvgIpc) is 2.54. The van der Waals surface area contributed by atoms with Crippen LogP contribution >= 0.6 is 0 Å². The van der Waals surface area contributed by atoms with E-state index in [0.717, 1.165) is 28.2 Å². The summed E-state index contributed by atoms with van der Waals surface area (Å²) in [6.45, 7) is 4.13. The van der Waals surface area contributed by atoms with Gasteiger partial charge in [-0.25, -0.2) is 0 Å². The van der Waals surface area contributed by atoms with Gasteiger partial charge in [-0.15, -0.1) is 0 Å². The van der Waals surface area contributed by atoms with Gasteiger partial charge in [0, 0.05) is 5.69 Å². The molecule has 1 aliphatic heterocycles. The van der Waals surface area contributed by atoms with Crippen molar-refractivity contribution in [3.63, 3.8) is 0 Å². The van der Waals surface area contributed by atoms with Crippen LogP contribution in [0, 0.1) is 13.8 Å². The van der Waals surface area contributed by atoms with Gasteiger partial charge in [0.1, 0.15) is 6.54 Å². The molecule has 0 bridgehead atoms. The number of anilines is 3. The number of benzene rings is 2. The van der Waals surface area contributed by atoms with E-state index >= 15 is 0 Å². The summed E-state index contributed by atoms with van der Waals surface area (Å²) < 4.78 is 0. The molecule has 0 aliphatic carbocycles. The number of carbonyl (C=O) groups is 2. The van der Waals surface area contributed by atoms with Gasteiger partial charge in [0.25, 0.3) is 0 Å². The molecule has 23 heavy (non-hydrogen) atoms. The predicted octanol–water partition coefficient (Wildman–Crippen LogP) is 2.70. The Labute approximate surface area is 135 Å². The molecule has 0 atom stereocenters. The van der Waals surface area contributed by atoms with Crippen molar-refractivity contribution in [3.8, 4) is 0 Å². The topological polar surface area (TPSA) is 61.4 Å². The lowest BCUT2D eigenvalue weighted by Crippen LogP contribution is -2.44. The fourth-order valence-corrected chi connectivity index (χ4v) is 2.64. The molecule has 3 rings (SSSR count). The number of carbonyl (C=O) groups excluding carboxylic acids is 2. The zero-order valence-corrected chi connectivity index (χ0v) is 13.2. The smallest absolute Gasteiger partial charge is 0.246 e. The summed E-state index contributed by atoms with van der Waals surface area (Å²) in [6.07, 6.45) is 0. The van der Waals surface area contributed by atoms with Crippen LogP contribution in [0.2, 0.25) is 0 Å². The predicted molar refractivity (Wildman–Crippen MR) is 91.8 cm³/mol. The number of hydrogen-bond acceptors (Lipinski definition) is 3. The van der Waals surface area contributed by atoms with E-state index in [1.807, 2.05) is 56.3 Å². The van der Waals surface area contributed by atoms with E-state index in [1.165, 1.54) is 4.90 Å². The molecule has 0 fully saturated rings. The van der Waals surface area contributed by atoms with Crippen molar-refractivity contribution in [3.05, 3.63) is 53.6 Å². The monoisotopic (exact) mass is 309 g/mol. The molecule has 0 saturated heterocycles. The molecule has 0 spiro atoms. The van der Waals surface area contributed by atoms with E-state index in [0.29, 0.717) is 0 Å². The number of rotatable bonds is 3. The molecule has 2 aromatic carbocycles. The Morgan fingerprint density at radius 3 is 2.83 bits per heavy atom. The Morgan fingerprint density at radius 1 is 1.22 bits per heavy atom. The molecule has 5 heteroatoms. The zero-order chi connectivity index (χ0) is 16.4. The van der Waals surface area contributed by atoms with Crippen LogP contribution in [0.1, 0.15) is 11.1 Å². The minimum Gasteiger partial charge on any atom is -0.374 e. The van der Waals surface area contributed by atoms with Crippen LogP contribution in [-0.4, -0.2) is 24.9 Å². The van der Waals surface area contributed by atoms with Crippen LogP contribution in [-0.2, 0) is 9.59 Å². The van der Waals surface area contributed by atoms with Crippen LogP contribution in [0.4, 0.5) is 17.1 Å². The standard InChI is InChI=1S/C18H19N3O2/c1-12-7-8-13(2)15(9-12)20-17(22)11-21-16-6-4-3-5-14(16)19-10-18(21)23/h3-9,19H,10-11H2,1-2H3,(H,20,22). The lowest BCUT2D eigenvalue weighted by molar-refractivity contribution is -0.120. The molecular weight excluding hydrogens is 290 g/mol. The summed E-state index contributed by atoms with van der Waals surface area (Å²) >= 11 is 0. The lowest BCUT2D eigenvalue weighted by atomic mass is 10.1. The molecule has 0 radical (unpaired) electrons. The van der Waals surface area contributed by atoms with Gasteiger partial charge in [-0.05, 0) is 43.2 Å². The van der Waals surface area contributed by atoms with Gasteiger partial charge < -0.3 is 10.6 Å². The van der Waals surface area contributed by atoms with Crippen LogP contribution < -0.4 is 15.5 Å². The molecular formula is C18H19N3O2. The third kappa shape index (κ3) is 3.18. The normalized spacial score (nSPS) is 13.3. The fourth-order valence-electron chi connectivity index (χ4n) is 2.64. The highest BCUT2D eigenvalue weighted by atomic mass is 16.2. The van der Waals surface area contributed by atoms with E-state index < -0.39 is 0 Å². The second-order valence-corrected chi connectivity index (χ2v) is 5.72. The van der Waals surface area contributed by atoms with Gasteiger partial charge in [0.15, 0.2) is 0 Å². The van der Waals surface area contributed by atoms with Crippen molar-refractivity contribution in [1.82, 2.24) is 0 Å². The van der Waals surface area contributed by atoms with E-state index in [-0.39, 0.29) is 24.9 Å². The highest BCUT2D eigenvalue weighted by Crippen LogP contribution is 2.28. The number of amides is 2. The van der Waals surface area contributed by atoms with Crippen molar-refractivity contribution in [2.45, 2.75) is 13.8 Å². The van der Waals surface area contributed by atoms with Crippen molar-refractivity contribution in [2.75, 3.05) is 28.6 Å². The van der Waals surface area contributed by atoms with E-state index in [9.17, 15) is 9.59 Å². The number of para-hydroxylation sites is 2. The van der Waals surface area contributed by atoms with Crippen LogP contribution in [0.25, 0.3) is 0 Å². The number of nitrogens with zero attached hydrogens (tertiary/aromatic N) is 1. The first-order chi connectivity index (χ1) is 11.0. The zero-order valence-electron chi connectivity index (χ0n) is 13.2. The Hall–Kier alpha value is -2.82. The summed E-state index contributed by atoms with van der Waals surface area (Å²) in [7, 11) is 0. The Balaban J connectivity index is 1.78. The first kappa shape index (κ1) is 15.1. The Kier molecular flexibility index (Phi) is 4.02. The van der Waals surface area contributed by atoms with Crippen molar-refractivity contribution in [1.29, 1.82) is 0 Å². The van der Waals surface area contributed by atoms with Gasteiger partial charge in [-0.3, -0.25) is 14.5 Å². The minimum absolute atomic E-state index is 0.00487.